The van der Waals surface area contributed by atoms with E-state index in [4.69, 9.17) is 0 Å². The standard InChI is InChI=1S/C25H40N2O2/c1-4-6-19-18(15-17(2)28)7-8-21-20(19)11-12-25(3)22(21)9-10-23(25)24(29)16-27-14-5-13-26-27/h5,13-14,17-23,28H,4,6-12,15-16H2,1-3H3. The quantitative estimate of drug-likeness (QED) is 0.692. The van der Waals surface area contributed by atoms with Gasteiger partial charge in [0.1, 0.15) is 0 Å². The topological polar surface area (TPSA) is 55.1 Å². The van der Waals surface area contributed by atoms with Crippen LogP contribution >= 0.6 is 0 Å². The minimum atomic E-state index is -0.180. The summed E-state index contributed by atoms with van der Waals surface area (Å²) in [6, 6.07) is 1.90. The van der Waals surface area contributed by atoms with E-state index >= 15 is 0 Å². The molecule has 4 nitrogen and oxygen atoms in total. The number of ketones is 1. The van der Waals surface area contributed by atoms with Crippen molar-refractivity contribution in [2.24, 2.45) is 40.9 Å². The maximum atomic E-state index is 13.2. The maximum Gasteiger partial charge on any atom is 0.157 e. The first-order chi connectivity index (χ1) is 13.9. The number of aromatic nitrogens is 2. The summed E-state index contributed by atoms with van der Waals surface area (Å²) in [5.41, 5.74) is 0.180. The third kappa shape index (κ3) is 3.94. The zero-order chi connectivity index (χ0) is 20.6. The lowest BCUT2D eigenvalue weighted by Crippen LogP contribution is -2.48. The molecular weight excluding hydrogens is 360 g/mol. The van der Waals surface area contributed by atoms with Crippen molar-refractivity contribution < 1.29 is 9.90 Å². The normalized spacial score (nSPS) is 40.3. The van der Waals surface area contributed by atoms with Crippen LogP contribution in [0.15, 0.2) is 18.5 Å². The minimum absolute atomic E-state index is 0.180. The molecule has 0 aromatic carbocycles. The summed E-state index contributed by atoms with van der Waals surface area (Å²) < 4.78 is 1.79. The number of nitrogens with zero attached hydrogens (tertiary/aromatic N) is 2. The van der Waals surface area contributed by atoms with E-state index in [2.05, 4.69) is 18.9 Å². The molecule has 4 heteroatoms. The Bertz CT molecular complexity index is 685. The lowest BCUT2D eigenvalue weighted by Gasteiger charge is -2.55. The van der Waals surface area contributed by atoms with Gasteiger partial charge in [-0.3, -0.25) is 9.48 Å². The van der Waals surface area contributed by atoms with Gasteiger partial charge in [0.25, 0.3) is 0 Å². The summed E-state index contributed by atoms with van der Waals surface area (Å²) in [6.45, 7) is 7.14. The number of aliphatic hydroxyl groups excluding tert-OH is 1. The van der Waals surface area contributed by atoms with E-state index in [1.54, 1.807) is 10.9 Å². The molecule has 1 aromatic heterocycles. The molecule has 1 heterocycles. The first-order valence-electron chi connectivity index (χ1n) is 12.1. The monoisotopic (exact) mass is 400 g/mol. The Hall–Kier alpha value is -1.16. The molecule has 0 amide bonds. The SMILES string of the molecule is CCCC1C(CC(C)O)CCC2C1CCC1(C)C(C(=O)Cn3cccn3)CCC21. The van der Waals surface area contributed by atoms with Crippen LogP contribution in [0.2, 0.25) is 0 Å². The van der Waals surface area contributed by atoms with E-state index in [-0.39, 0.29) is 17.4 Å². The van der Waals surface area contributed by atoms with Gasteiger partial charge in [-0.15, -0.1) is 0 Å². The fourth-order valence-electron chi connectivity index (χ4n) is 7.94. The lowest BCUT2D eigenvalue weighted by molar-refractivity contribution is -0.131. The van der Waals surface area contributed by atoms with Crippen molar-refractivity contribution in [1.82, 2.24) is 9.78 Å². The van der Waals surface area contributed by atoms with E-state index in [1.807, 2.05) is 19.2 Å². The molecule has 3 aliphatic carbocycles. The van der Waals surface area contributed by atoms with Gasteiger partial charge < -0.3 is 5.11 Å². The van der Waals surface area contributed by atoms with Crippen molar-refractivity contribution in [2.45, 2.75) is 91.2 Å². The van der Waals surface area contributed by atoms with Gasteiger partial charge in [0, 0.05) is 18.3 Å². The van der Waals surface area contributed by atoms with E-state index in [1.165, 1.54) is 44.9 Å². The Morgan fingerprint density at radius 2 is 2.07 bits per heavy atom. The fraction of sp³-hybridized carbons (Fsp3) is 0.840. The summed E-state index contributed by atoms with van der Waals surface area (Å²) in [6.07, 6.45) is 14.4. The Labute approximate surface area is 176 Å². The molecule has 0 aliphatic heterocycles. The molecule has 29 heavy (non-hydrogen) atoms. The summed E-state index contributed by atoms with van der Waals surface area (Å²) >= 11 is 0. The average molecular weight is 401 g/mol. The first kappa shape index (κ1) is 21.1. The van der Waals surface area contributed by atoms with Gasteiger partial charge in [-0.1, -0.05) is 26.7 Å². The Morgan fingerprint density at radius 1 is 1.24 bits per heavy atom. The number of hydrogen-bond donors (Lipinski definition) is 1. The molecule has 162 valence electrons. The zero-order valence-electron chi connectivity index (χ0n) is 18.6. The number of rotatable bonds is 7. The Morgan fingerprint density at radius 3 is 2.76 bits per heavy atom. The van der Waals surface area contributed by atoms with Crippen LogP contribution in [0.5, 0.6) is 0 Å². The third-order valence-corrected chi connectivity index (χ3v) is 9.05. The summed E-state index contributed by atoms with van der Waals surface area (Å²) in [4.78, 5) is 13.2. The summed E-state index contributed by atoms with van der Waals surface area (Å²) in [5, 5.41) is 14.3. The van der Waals surface area contributed by atoms with Crippen LogP contribution in [0.25, 0.3) is 0 Å². The number of fused-ring (bicyclic) bond motifs is 3. The smallest absolute Gasteiger partial charge is 0.157 e. The second-order valence-electron chi connectivity index (χ2n) is 10.7. The van der Waals surface area contributed by atoms with Crippen molar-refractivity contribution in [3.8, 4) is 0 Å². The second kappa shape index (κ2) is 8.53. The van der Waals surface area contributed by atoms with Crippen molar-refractivity contribution in [3.63, 3.8) is 0 Å². The van der Waals surface area contributed by atoms with Crippen LogP contribution in [-0.2, 0) is 11.3 Å². The van der Waals surface area contributed by atoms with Gasteiger partial charge in [0.2, 0.25) is 0 Å². The number of carbonyl (C=O) groups excluding carboxylic acids is 1. The maximum absolute atomic E-state index is 13.2. The second-order valence-corrected chi connectivity index (χ2v) is 10.7. The van der Waals surface area contributed by atoms with E-state index in [0.29, 0.717) is 24.2 Å². The third-order valence-electron chi connectivity index (χ3n) is 9.05. The van der Waals surface area contributed by atoms with Crippen molar-refractivity contribution in [3.05, 3.63) is 18.5 Å². The van der Waals surface area contributed by atoms with E-state index < -0.39 is 0 Å². The predicted octanol–water partition coefficient (Wildman–Crippen LogP) is 5.11. The Balaban J connectivity index is 1.50. The van der Waals surface area contributed by atoms with Crippen molar-refractivity contribution in [1.29, 1.82) is 0 Å². The molecule has 1 N–H and O–H groups in total. The molecule has 3 fully saturated rings. The van der Waals surface area contributed by atoms with E-state index in [0.717, 1.165) is 30.6 Å². The zero-order valence-corrected chi connectivity index (χ0v) is 18.6. The lowest BCUT2D eigenvalue weighted by atomic mass is 9.50. The van der Waals surface area contributed by atoms with Crippen LogP contribution in [0.4, 0.5) is 0 Å². The average Bonchev–Trinajstić information content (AvgIpc) is 3.30. The van der Waals surface area contributed by atoms with Gasteiger partial charge in [0.15, 0.2) is 5.78 Å². The molecule has 8 unspecified atom stereocenters. The molecule has 0 spiro atoms. The van der Waals surface area contributed by atoms with Crippen LogP contribution in [0.1, 0.15) is 78.6 Å². The Kier molecular flexibility index (Phi) is 6.20. The van der Waals surface area contributed by atoms with Gasteiger partial charge in [-0.25, -0.2) is 0 Å². The molecule has 1 aromatic rings. The van der Waals surface area contributed by atoms with Gasteiger partial charge in [-0.05, 0) is 92.9 Å². The molecule has 4 rings (SSSR count). The fourth-order valence-corrected chi connectivity index (χ4v) is 7.94. The van der Waals surface area contributed by atoms with Crippen molar-refractivity contribution in [2.75, 3.05) is 0 Å². The molecule has 0 saturated heterocycles. The predicted molar refractivity (Wildman–Crippen MR) is 115 cm³/mol. The highest BCUT2D eigenvalue weighted by atomic mass is 16.3. The number of Topliss-reactive ketones (excluding diaryl/α,β-unsaturated/α-hetero) is 1. The highest BCUT2D eigenvalue weighted by molar-refractivity contribution is 5.82. The van der Waals surface area contributed by atoms with Crippen molar-refractivity contribution >= 4 is 5.78 Å². The van der Waals surface area contributed by atoms with Crippen LogP contribution in [-0.4, -0.2) is 26.8 Å². The van der Waals surface area contributed by atoms with E-state index in [9.17, 15) is 9.90 Å². The minimum Gasteiger partial charge on any atom is -0.393 e. The van der Waals surface area contributed by atoms with Gasteiger partial charge in [-0.2, -0.15) is 5.10 Å². The summed E-state index contributed by atoms with van der Waals surface area (Å²) in [5.74, 6) is 4.38. The van der Waals surface area contributed by atoms with Gasteiger partial charge >= 0.3 is 0 Å². The number of hydrogen-bond acceptors (Lipinski definition) is 3. The highest BCUT2D eigenvalue weighted by Crippen LogP contribution is 2.63. The van der Waals surface area contributed by atoms with Crippen LogP contribution in [0.3, 0.4) is 0 Å². The molecule has 3 saturated carbocycles. The first-order valence-corrected chi connectivity index (χ1v) is 12.1. The summed E-state index contributed by atoms with van der Waals surface area (Å²) in [7, 11) is 0. The largest absolute Gasteiger partial charge is 0.393 e. The molecule has 8 atom stereocenters. The molecule has 3 aliphatic rings. The van der Waals surface area contributed by atoms with Crippen LogP contribution in [0, 0.1) is 40.9 Å². The van der Waals surface area contributed by atoms with Gasteiger partial charge in [0.05, 0.1) is 12.6 Å². The molecule has 0 radical (unpaired) electrons. The highest BCUT2D eigenvalue weighted by Gasteiger charge is 2.57. The van der Waals surface area contributed by atoms with Crippen LogP contribution < -0.4 is 0 Å². The number of aliphatic hydroxyl groups is 1. The molecule has 0 bridgehead atoms. The number of carbonyl (C=O) groups is 1. The molecular formula is C25H40N2O2.